The van der Waals surface area contributed by atoms with E-state index in [0.717, 1.165) is 25.7 Å². The molecule has 0 N–H and O–H groups in total. The van der Waals surface area contributed by atoms with E-state index in [0.29, 0.717) is 11.6 Å². The molecule has 1 fully saturated rings. The van der Waals surface area contributed by atoms with Gasteiger partial charge in [0.1, 0.15) is 5.69 Å². The lowest BCUT2D eigenvalue weighted by Gasteiger charge is -2.06. The molecule has 2 rings (SSSR count). The number of aromatic nitrogens is 2. The monoisotopic (exact) mass is 206 g/mol. The minimum Gasteiger partial charge on any atom is -0.480 e. The summed E-state index contributed by atoms with van der Waals surface area (Å²) in [6.07, 6.45) is 7.28. The quantitative estimate of drug-likeness (QED) is 0.708. The van der Waals surface area contributed by atoms with E-state index in [9.17, 15) is 4.79 Å². The van der Waals surface area contributed by atoms with Crippen molar-refractivity contribution in [1.29, 1.82) is 0 Å². The third-order valence-corrected chi connectivity index (χ3v) is 2.82. The fraction of sp³-hybridized carbons (Fsp3) is 0.545. The fourth-order valence-electron chi connectivity index (χ4n) is 1.95. The first-order valence-electron chi connectivity index (χ1n) is 5.21. The van der Waals surface area contributed by atoms with Crippen LogP contribution in [0.15, 0.2) is 12.4 Å². The van der Waals surface area contributed by atoms with Crippen LogP contribution in [0.1, 0.15) is 36.2 Å². The summed E-state index contributed by atoms with van der Waals surface area (Å²) in [4.78, 5) is 19.9. The number of nitrogens with zero attached hydrogens (tertiary/aromatic N) is 2. The molecule has 0 saturated heterocycles. The van der Waals surface area contributed by atoms with Gasteiger partial charge in [-0.15, -0.1) is 0 Å². The van der Waals surface area contributed by atoms with Crippen LogP contribution in [0.3, 0.4) is 0 Å². The SMILES string of the molecule is COc1cnc(C(=O)C2CCCC2)cn1. The highest BCUT2D eigenvalue weighted by molar-refractivity contribution is 5.95. The zero-order valence-electron chi connectivity index (χ0n) is 8.77. The van der Waals surface area contributed by atoms with Crippen LogP contribution in [-0.4, -0.2) is 22.9 Å². The number of ether oxygens (including phenoxy) is 1. The van der Waals surface area contributed by atoms with Crippen LogP contribution >= 0.6 is 0 Å². The molecule has 4 nitrogen and oxygen atoms in total. The zero-order valence-corrected chi connectivity index (χ0v) is 8.77. The third-order valence-electron chi connectivity index (χ3n) is 2.82. The Morgan fingerprint density at radius 3 is 2.60 bits per heavy atom. The molecule has 0 aliphatic heterocycles. The van der Waals surface area contributed by atoms with E-state index in [4.69, 9.17) is 4.74 Å². The normalized spacial score (nSPS) is 16.6. The number of Topliss-reactive ketones (excluding diaryl/α,β-unsaturated/α-hetero) is 1. The largest absolute Gasteiger partial charge is 0.480 e. The van der Waals surface area contributed by atoms with E-state index in [2.05, 4.69) is 9.97 Å². The average molecular weight is 206 g/mol. The molecule has 1 saturated carbocycles. The van der Waals surface area contributed by atoms with Crippen molar-refractivity contribution < 1.29 is 9.53 Å². The predicted octanol–water partition coefficient (Wildman–Crippen LogP) is 1.86. The van der Waals surface area contributed by atoms with Gasteiger partial charge in [-0.25, -0.2) is 9.97 Å². The van der Waals surface area contributed by atoms with Crippen molar-refractivity contribution in [2.24, 2.45) is 5.92 Å². The van der Waals surface area contributed by atoms with Gasteiger partial charge in [0.05, 0.1) is 19.5 Å². The van der Waals surface area contributed by atoms with Gasteiger partial charge in [-0.2, -0.15) is 0 Å². The first-order chi connectivity index (χ1) is 7.31. The Hall–Kier alpha value is -1.45. The van der Waals surface area contributed by atoms with Gasteiger partial charge in [0.25, 0.3) is 0 Å². The molecule has 1 aromatic rings. The maximum absolute atomic E-state index is 11.9. The van der Waals surface area contributed by atoms with Crippen LogP contribution in [0.2, 0.25) is 0 Å². The average Bonchev–Trinajstić information content (AvgIpc) is 2.82. The van der Waals surface area contributed by atoms with Gasteiger partial charge >= 0.3 is 0 Å². The predicted molar refractivity (Wildman–Crippen MR) is 54.9 cm³/mol. The molecule has 0 spiro atoms. The standard InChI is InChI=1S/C11H14N2O2/c1-15-10-7-12-9(6-13-10)11(14)8-4-2-3-5-8/h6-8H,2-5H2,1H3. The highest BCUT2D eigenvalue weighted by Gasteiger charge is 2.24. The molecule has 0 atom stereocenters. The molecule has 4 heteroatoms. The first kappa shape index (κ1) is 10.1. The lowest BCUT2D eigenvalue weighted by molar-refractivity contribution is 0.0917. The summed E-state index contributed by atoms with van der Waals surface area (Å²) < 4.78 is 4.89. The second-order valence-corrected chi connectivity index (χ2v) is 3.79. The minimum atomic E-state index is 0.127. The Morgan fingerprint density at radius 1 is 1.33 bits per heavy atom. The molecule has 80 valence electrons. The number of methoxy groups -OCH3 is 1. The van der Waals surface area contributed by atoms with Crippen LogP contribution in [-0.2, 0) is 0 Å². The Morgan fingerprint density at radius 2 is 2.07 bits per heavy atom. The molecule has 15 heavy (non-hydrogen) atoms. The lowest BCUT2D eigenvalue weighted by atomic mass is 10.0. The zero-order chi connectivity index (χ0) is 10.7. The van der Waals surface area contributed by atoms with Crippen molar-refractivity contribution in [3.05, 3.63) is 18.1 Å². The van der Waals surface area contributed by atoms with Gasteiger partial charge in [0.15, 0.2) is 5.78 Å². The highest BCUT2D eigenvalue weighted by Crippen LogP contribution is 2.27. The Bertz CT molecular complexity index is 342. The van der Waals surface area contributed by atoms with E-state index in [-0.39, 0.29) is 11.7 Å². The Kier molecular flexibility index (Phi) is 2.94. The Balaban J connectivity index is 2.11. The maximum atomic E-state index is 11.9. The van der Waals surface area contributed by atoms with E-state index < -0.39 is 0 Å². The van der Waals surface area contributed by atoms with Crippen LogP contribution < -0.4 is 4.74 Å². The second-order valence-electron chi connectivity index (χ2n) is 3.79. The number of carbonyl (C=O) groups excluding carboxylic acids is 1. The minimum absolute atomic E-state index is 0.127. The first-order valence-corrected chi connectivity index (χ1v) is 5.21. The van der Waals surface area contributed by atoms with Gasteiger partial charge in [-0.1, -0.05) is 12.8 Å². The highest BCUT2D eigenvalue weighted by atomic mass is 16.5. The summed E-state index contributed by atoms with van der Waals surface area (Å²) in [6, 6.07) is 0. The molecule has 1 heterocycles. The van der Waals surface area contributed by atoms with Gasteiger partial charge in [0.2, 0.25) is 5.88 Å². The van der Waals surface area contributed by atoms with Crippen LogP contribution in [0.5, 0.6) is 5.88 Å². The van der Waals surface area contributed by atoms with E-state index in [1.165, 1.54) is 19.5 Å². The fourth-order valence-corrected chi connectivity index (χ4v) is 1.95. The van der Waals surface area contributed by atoms with E-state index >= 15 is 0 Å². The lowest BCUT2D eigenvalue weighted by Crippen LogP contribution is -2.13. The molecule has 0 radical (unpaired) electrons. The van der Waals surface area contributed by atoms with Crippen LogP contribution in [0.4, 0.5) is 0 Å². The van der Waals surface area contributed by atoms with Gasteiger partial charge < -0.3 is 4.74 Å². The summed E-state index contributed by atoms with van der Waals surface area (Å²) in [5.41, 5.74) is 0.461. The third kappa shape index (κ3) is 2.14. The van der Waals surface area contributed by atoms with Crippen LogP contribution in [0.25, 0.3) is 0 Å². The summed E-state index contributed by atoms with van der Waals surface area (Å²) in [5, 5.41) is 0. The number of carbonyl (C=O) groups is 1. The number of rotatable bonds is 3. The summed E-state index contributed by atoms with van der Waals surface area (Å²) in [7, 11) is 1.53. The van der Waals surface area contributed by atoms with Crippen molar-refractivity contribution in [1.82, 2.24) is 9.97 Å². The van der Waals surface area contributed by atoms with Crippen molar-refractivity contribution >= 4 is 5.78 Å². The summed E-state index contributed by atoms with van der Waals surface area (Å²) in [6.45, 7) is 0. The molecule has 0 amide bonds. The topological polar surface area (TPSA) is 52.1 Å². The van der Waals surface area contributed by atoms with Crippen molar-refractivity contribution in [2.45, 2.75) is 25.7 Å². The van der Waals surface area contributed by atoms with Gasteiger partial charge in [-0.05, 0) is 12.8 Å². The number of hydrogen-bond donors (Lipinski definition) is 0. The van der Waals surface area contributed by atoms with Gasteiger partial charge in [0, 0.05) is 5.92 Å². The molecule has 0 aromatic carbocycles. The van der Waals surface area contributed by atoms with Crippen molar-refractivity contribution in [3.63, 3.8) is 0 Å². The maximum Gasteiger partial charge on any atom is 0.232 e. The van der Waals surface area contributed by atoms with E-state index in [1.54, 1.807) is 0 Å². The summed E-state index contributed by atoms with van der Waals surface area (Å²) >= 11 is 0. The number of hydrogen-bond acceptors (Lipinski definition) is 4. The molecule has 1 aromatic heterocycles. The van der Waals surface area contributed by atoms with Crippen LogP contribution in [0, 0.1) is 5.92 Å². The number of ketones is 1. The molecule has 1 aliphatic carbocycles. The molecule has 0 bridgehead atoms. The molecule has 0 unspecified atom stereocenters. The van der Waals surface area contributed by atoms with E-state index in [1.807, 2.05) is 0 Å². The van der Waals surface area contributed by atoms with Gasteiger partial charge in [-0.3, -0.25) is 4.79 Å². The summed E-state index contributed by atoms with van der Waals surface area (Å²) in [5.74, 6) is 0.730. The molecular weight excluding hydrogens is 192 g/mol. The smallest absolute Gasteiger partial charge is 0.232 e. The molecular formula is C11H14N2O2. The second kappa shape index (κ2) is 4.38. The molecule has 1 aliphatic rings. The Labute approximate surface area is 88.7 Å². The van der Waals surface area contributed by atoms with Crippen molar-refractivity contribution in [2.75, 3.05) is 7.11 Å². The van der Waals surface area contributed by atoms with Crippen molar-refractivity contribution in [3.8, 4) is 5.88 Å².